The number of para-hydroxylation sites is 1. The highest BCUT2D eigenvalue weighted by molar-refractivity contribution is 7.13. The predicted octanol–water partition coefficient (Wildman–Crippen LogP) is 4.57. The monoisotopic (exact) mass is 386 g/mol. The van der Waals surface area contributed by atoms with Gasteiger partial charge in [0.25, 0.3) is 5.91 Å². The molecule has 0 fully saturated rings. The lowest BCUT2D eigenvalue weighted by molar-refractivity contribution is -0.119. The first-order valence-electron chi connectivity index (χ1n) is 7.77. The van der Waals surface area contributed by atoms with Gasteiger partial charge in [-0.05, 0) is 30.7 Å². The number of esters is 1. The van der Waals surface area contributed by atoms with Gasteiger partial charge in [0.1, 0.15) is 5.01 Å². The van der Waals surface area contributed by atoms with Crippen molar-refractivity contribution in [2.75, 3.05) is 11.9 Å². The number of nitrogens with one attached hydrogen (secondary N) is 1. The van der Waals surface area contributed by atoms with E-state index in [9.17, 15) is 9.59 Å². The van der Waals surface area contributed by atoms with E-state index < -0.39 is 11.9 Å². The van der Waals surface area contributed by atoms with Gasteiger partial charge in [-0.25, -0.2) is 9.78 Å². The van der Waals surface area contributed by atoms with E-state index in [0.29, 0.717) is 15.7 Å². The molecule has 0 atom stereocenters. The van der Waals surface area contributed by atoms with Crippen molar-refractivity contribution in [1.29, 1.82) is 0 Å². The molecule has 0 saturated heterocycles. The van der Waals surface area contributed by atoms with E-state index in [1.165, 1.54) is 11.3 Å². The quantitative estimate of drug-likeness (QED) is 0.652. The number of rotatable bonds is 5. The van der Waals surface area contributed by atoms with Gasteiger partial charge in [-0.3, -0.25) is 4.79 Å². The Balaban J connectivity index is 1.59. The first kappa shape index (κ1) is 18.1. The zero-order valence-electron chi connectivity index (χ0n) is 13.9. The number of carbonyl (C=O) groups is 2. The fourth-order valence-corrected chi connectivity index (χ4v) is 3.20. The lowest BCUT2D eigenvalue weighted by atomic mass is 10.2. The predicted molar refractivity (Wildman–Crippen MR) is 103 cm³/mol. The molecule has 1 aromatic heterocycles. The van der Waals surface area contributed by atoms with Crippen molar-refractivity contribution in [2.45, 2.75) is 6.92 Å². The molecule has 132 valence electrons. The van der Waals surface area contributed by atoms with Gasteiger partial charge in [-0.2, -0.15) is 0 Å². The molecule has 0 bridgehead atoms. The summed E-state index contributed by atoms with van der Waals surface area (Å²) in [5.74, 6) is -1.05. The van der Waals surface area contributed by atoms with Crippen LogP contribution in [0.5, 0.6) is 0 Å². The van der Waals surface area contributed by atoms with E-state index in [4.69, 9.17) is 16.3 Å². The minimum atomic E-state index is -0.644. The molecule has 3 rings (SSSR count). The van der Waals surface area contributed by atoms with Crippen LogP contribution in [0, 0.1) is 6.92 Å². The van der Waals surface area contributed by atoms with Crippen molar-refractivity contribution >= 4 is 40.5 Å². The summed E-state index contributed by atoms with van der Waals surface area (Å²) >= 11 is 7.27. The fourth-order valence-electron chi connectivity index (χ4n) is 2.23. The Hall–Kier alpha value is -2.70. The number of ether oxygens (including phenoxy) is 1. The van der Waals surface area contributed by atoms with Gasteiger partial charge < -0.3 is 10.1 Å². The molecule has 1 amide bonds. The molecule has 5 nitrogen and oxygen atoms in total. The summed E-state index contributed by atoms with van der Waals surface area (Å²) in [5, 5.41) is 5.55. The van der Waals surface area contributed by atoms with Crippen LogP contribution in [0.25, 0.3) is 10.6 Å². The highest BCUT2D eigenvalue weighted by atomic mass is 35.5. The van der Waals surface area contributed by atoms with Gasteiger partial charge in [0.05, 0.1) is 0 Å². The zero-order valence-corrected chi connectivity index (χ0v) is 15.4. The van der Waals surface area contributed by atoms with Crippen LogP contribution < -0.4 is 5.32 Å². The Labute approximate surface area is 159 Å². The molecule has 0 spiro atoms. The van der Waals surface area contributed by atoms with Gasteiger partial charge >= 0.3 is 5.97 Å². The molecule has 7 heteroatoms. The molecule has 2 aromatic carbocycles. The topological polar surface area (TPSA) is 68.3 Å². The second kappa shape index (κ2) is 8.12. The summed E-state index contributed by atoms with van der Waals surface area (Å²) < 4.78 is 5.04. The summed E-state index contributed by atoms with van der Waals surface area (Å²) in [4.78, 5) is 28.3. The Kier molecular flexibility index (Phi) is 5.65. The van der Waals surface area contributed by atoms with E-state index in [1.807, 2.05) is 37.3 Å². The van der Waals surface area contributed by atoms with Crippen molar-refractivity contribution < 1.29 is 14.3 Å². The third-order valence-electron chi connectivity index (χ3n) is 3.54. The van der Waals surface area contributed by atoms with Crippen molar-refractivity contribution in [1.82, 2.24) is 4.98 Å². The molecule has 0 aliphatic carbocycles. The lowest BCUT2D eigenvalue weighted by Crippen LogP contribution is -2.21. The zero-order chi connectivity index (χ0) is 18.5. The maximum absolute atomic E-state index is 12.1. The summed E-state index contributed by atoms with van der Waals surface area (Å²) in [6, 6.07) is 14.6. The minimum Gasteiger partial charge on any atom is -0.451 e. The third-order valence-corrected chi connectivity index (χ3v) is 4.66. The number of hydrogen-bond acceptors (Lipinski definition) is 5. The molecule has 0 aliphatic heterocycles. The van der Waals surface area contributed by atoms with E-state index >= 15 is 0 Å². The summed E-state index contributed by atoms with van der Waals surface area (Å²) in [5.41, 5.74) is 2.59. The number of halogens is 1. The number of benzene rings is 2. The van der Waals surface area contributed by atoms with E-state index in [2.05, 4.69) is 10.3 Å². The van der Waals surface area contributed by atoms with Crippen LogP contribution in [0.4, 0.5) is 5.69 Å². The van der Waals surface area contributed by atoms with Crippen LogP contribution in [0.3, 0.4) is 0 Å². The minimum absolute atomic E-state index is 0.161. The number of anilines is 1. The number of thiazole rings is 1. The van der Waals surface area contributed by atoms with Gasteiger partial charge in [0.15, 0.2) is 12.3 Å². The van der Waals surface area contributed by atoms with Crippen LogP contribution in [0.1, 0.15) is 16.1 Å². The number of hydrogen-bond donors (Lipinski definition) is 1. The SMILES string of the molecule is Cc1ccccc1NC(=O)COC(=O)c1csc(-c2cccc(Cl)c2)n1. The normalized spacial score (nSPS) is 10.4. The van der Waals surface area contributed by atoms with Gasteiger partial charge in [-0.1, -0.05) is 41.9 Å². The first-order chi connectivity index (χ1) is 12.5. The molecule has 0 aliphatic rings. The van der Waals surface area contributed by atoms with Gasteiger partial charge in [-0.15, -0.1) is 11.3 Å². The van der Waals surface area contributed by atoms with Crippen LogP contribution in [-0.2, 0) is 9.53 Å². The van der Waals surface area contributed by atoms with Crippen LogP contribution in [0.15, 0.2) is 53.9 Å². The standard InChI is InChI=1S/C19H15ClN2O3S/c1-12-5-2-3-8-15(12)21-17(23)10-25-19(24)16-11-26-18(22-16)13-6-4-7-14(20)9-13/h2-9,11H,10H2,1H3,(H,21,23). The average molecular weight is 387 g/mol. The Bertz CT molecular complexity index is 955. The Morgan fingerprint density at radius 2 is 2.00 bits per heavy atom. The van der Waals surface area contributed by atoms with Gasteiger partial charge in [0.2, 0.25) is 0 Å². The number of amides is 1. The molecule has 3 aromatic rings. The molecular weight excluding hydrogens is 372 g/mol. The molecular formula is C19H15ClN2O3S. The van der Waals surface area contributed by atoms with Crippen molar-refractivity contribution in [3.05, 3.63) is 70.2 Å². The van der Waals surface area contributed by atoms with Gasteiger partial charge in [0, 0.05) is 21.7 Å². The second-order valence-electron chi connectivity index (χ2n) is 5.49. The average Bonchev–Trinajstić information content (AvgIpc) is 3.12. The fraction of sp³-hybridized carbons (Fsp3) is 0.105. The highest BCUT2D eigenvalue weighted by Gasteiger charge is 2.15. The highest BCUT2D eigenvalue weighted by Crippen LogP contribution is 2.26. The molecule has 0 saturated carbocycles. The Morgan fingerprint density at radius 3 is 2.77 bits per heavy atom. The van der Waals surface area contributed by atoms with E-state index in [1.54, 1.807) is 23.6 Å². The lowest BCUT2D eigenvalue weighted by Gasteiger charge is -2.08. The first-order valence-corrected chi connectivity index (χ1v) is 9.03. The van der Waals surface area contributed by atoms with Crippen LogP contribution in [0.2, 0.25) is 5.02 Å². The number of carbonyl (C=O) groups excluding carboxylic acids is 2. The molecule has 1 heterocycles. The molecule has 1 N–H and O–H groups in total. The van der Waals surface area contributed by atoms with Crippen molar-refractivity contribution in [2.24, 2.45) is 0 Å². The maximum atomic E-state index is 12.1. The molecule has 26 heavy (non-hydrogen) atoms. The summed E-state index contributed by atoms with van der Waals surface area (Å²) in [6.07, 6.45) is 0. The molecule has 0 unspecified atom stereocenters. The number of aryl methyl sites for hydroxylation is 1. The Morgan fingerprint density at radius 1 is 1.19 bits per heavy atom. The smallest absolute Gasteiger partial charge is 0.358 e. The maximum Gasteiger partial charge on any atom is 0.358 e. The van der Waals surface area contributed by atoms with E-state index in [-0.39, 0.29) is 12.3 Å². The summed E-state index contributed by atoms with van der Waals surface area (Å²) in [7, 11) is 0. The molecule has 0 radical (unpaired) electrons. The van der Waals surface area contributed by atoms with Crippen LogP contribution in [-0.4, -0.2) is 23.5 Å². The third kappa shape index (κ3) is 4.47. The van der Waals surface area contributed by atoms with E-state index in [0.717, 1.165) is 11.1 Å². The van der Waals surface area contributed by atoms with Crippen LogP contribution >= 0.6 is 22.9 Å². The second-order valence-corrected chi connectivity index (χ2v) is 6.78. The largest absolute Gasteiger partial charge is 0.451 e. The number of aromatic nitrogens is 1. The summed E-state index contributed by atoms with van der Waals surface area (Å²) in [6.45, 7) is 1.51. The number of nitrogens with zero attached hydrogens (tertiary/aromatic N) is 1. The van der Waals surface area contributed by atoms with Crippen molar-refractivity contribution in [3.8, 4) is 10.6 Å². The van der Waals surface area contributed by atoms with Crippen molar-refractivity contribution in [3.63, 3.8) is 0 Å².